The topological polar surface area (TPSA) is 102 Å². The van der Waals surface area contributed by atoms with E-state index in [-0.39, 0.29) is 23.5 Å². The molecule has 0 aliphatic carbocycles. The van der Waals surface area contributed by atoms with E-state index < -0.39 is 39.6 Å². The first-order valence-corrected chi connectivity index (χ1v) is 9.67. The summed E-state index contributed by atoms with van der Waals surface area (Å²) in [4.78, 5) is 23.8. The van der Waals surface area contributed by atoms with E-state index in [4.69, 9.17) is 4.74 Å². The molecule has 0 heterocycles. The number of carbonyl (C=O) groups is 2. The van der Waals surface area contributed by atoms with Gasteiger partial charge in [0.15, 0.2) is 6.10 Å². The molecule has 1 amide bonds. The molecule has 7 nitrogen and oxygen atoms in total. The number of ether oxygens (including phenoxy) is 1. The number of benzene rings is 2. The summed E-state index contributed by atoms with van der Waals surface area (Å²) < 4.78 is 57.5. The van der Waals surface area contributed by atoms with Gasteiger partial charge in [-0.05, 0) is 31.2 Å². The van der Waals surface area contributed by atoms with Crippen LogP contribution in [0.3, 0.4) is 0 Å². The zero-order valence-electron chi connectivity index (χ0n) is 14.8. The Morgan fingerprint density at radius 1 is 1.11 bits per heavy atom. The Morgan fingerprint density at radius 3 is 2.43 bits per heavy atom. The Labute approximate surface area is 160 Å². The van der Waals surface area contributed by atoms with Crippen LogP contribution < -0.4 is 10.0 Å². The van der Waals surface area contributed by atoms with E-state index >= 15 is 0 Å². The molecule has 0 aliphatic heterocycles. The highest BCUT2D eigenvalue weighted by Gasteiger charge is 2.20. The third kappa shape index (κ3) is 6.10. The van der Waals surface area contributed by atoms with E-state index in [0.29, 0.717) is 6.07 Å². The minimum absolute atomic E-state index is 0.0532. The molecule has 0 fully saturated rings. The van der Waals surface area contributed by atoms with Gasteiger partial charge in [-0.1, -0.05) is 18.2 Å². The Kier molecular flexibility index (Phi) is 7.18. The predicted molar refractivity (Wildman–Crippen MR) is 96.8 cm³/mol. The minimum Gasteiger partial charge on any atom is -0.452 e. The fourth-order valence-electron chi connectivity index (χ4n) is 2.11. The van der Waals surface area contributed by atoms with Gasteiger partial charge in [-0.15, -0.1) is 0 Å². The van der Waals surface area contributed by atoms with E-state index in [2.05, 4.69) is 10.0 Å². The van der Waals surface area contributed by atoms with E-state index in [1.165, 1.54) is 19.1 Å². The van der Waals surface area contributed by atoms with Gasteiger partial charge in [-0.2, -0.15) is 0 Å². The molecule has 150 valence electrons. The maximum atomic E-state index is 13.5. The molecular weight excluding hydrogens is 394 g/mol. The van der Waals surface area contributed by atoms with Crippen molar-refractivity contribution in [2.24, 2.45) is 0 Å². The van der Waals surface area contributed by atoms with Gasteiger partial charge in [0.25, 0.3) is 5.91 Å². The number of hydrogen-bond acceptors (Lipinski definition) is 5. The average Bonchev–Trinajstić information content (AvgIpc) is 2.64. The van der Waals surface area contributed by atoms with E-state index in [1.54, 1.807) is 18.2 Å². The molecule has 0 bridgehead atoms. The largest absolute Gasteiger partial charge is 0.452 e. The molecule has 0 saturated carbocycles. The summed E-state index contributed by atoms with van der Waals surface area (Å²) in [6.45, 7) is 1.04. The van der Waals surface area contributed by atoms with E-state index in [0.717, 1.165) is 12.1 Å². The first-order valence-electron chi connectivity index (χ1n) is 8.19. The molecule has 2 rings (SSSR count). The lowest BCUT2D eigenvalue weighted by atomic mass is 10.2. The average molecular weight is 412 g/mol. The third-order valence-electron chi connectivity index (χ3n) is 3.54. The van der Waals surface area contributed by atoms with Crippen molar-refractivity contribution >= 4 is 27.6 Å². The van der Waals surface area contributed by atoms with E-state index in [1.807, 2.05) is 0 Å². The highest BCUT2D eigenvalue weighted by molar-refractivity contribution is 7.89. The van der Waals surface area contributed by atoms with Crippen LogP contribution in [-0.4, -0.2) is 32.9 Å². The molecule has 2 aromatic carbocycles. The van der Waals surface area contributed by atoms with Crippen molar-refractivity contribution < 1.29 is 31.5 Å². The quantitative estimate of drug-likeness (QED) is 0.648. The molecule has 2 N–H and O–H groups in total. The lowest BCUT2D eigenvalue weighted by Crippen LogP contribution is -2.32. The predicted octanol–water partition coefficient (Wildman–Crippen LogP) is 2.20. The minimum atomic E-state index is -3.76. The van der Waals surface area contributed by atoms with Crippen LogP contribution in [0.15, 0.2) is 53.4 Å². The van der Waals surface area contributed by atoms with Crippen molar-refractivity contribution in [1.82, 2.24) is 4.72 Å². The number of anilines is 1. The van der Waals surface area contributed by atoms with Gasteiger partial charge in [-0.3, -0.25) is 9.59 Å². The van der Waals surface area contributed by atoms with Crippen LogP contribution in [0.4, 0.5) is 14.5 Å². The molecule has 0 saturated heterocycles. The summed E-state index contributed by atoms with van der Waals surface area (Å²) in [5.41, 5.74) is -0.259. The van der Waals surface area contributed by atoms with Crippen LogP contribution in [0.5, 0.6) is 0 Å². The second-order valence-electron chi connectivity index (χ2n) is 5.71. The molecule has 0 radical (unpaired) electrons. The summed E-state index contributed by atoms with van der Waals surface area (Å²) in [5, 5.41) is 2.18. The van der Waals surface area contributed by atoms with Crippen LogP contribution in [0.2, 0.25) is 0 Å². The highest BCUT2D eigenvalue weighted by Crippen LogP contribution is 2.15. The van der Waals surface area contributed by atoms with Gasteiger partial charge in [0, 0.05) is 12.6 Å². The Balaban J connectivity index is 1.81. The Morgan fingerprint density at radius 2 is 1.79 bits per heavy atom. The first kappa shape index (κ1) is 21.5. The van der Waals surface area contributed by atoms with Crippen LogP contribution in [0.1, 0.15) is 13.3 Å². The molecule has 1 atom stereocenters. The SMILES string of the molecule is C[C@@H](OC(=O)CCNS(=O)(=O)c1ccccc1)C(=O)Nc1ccc(F)cc1F. The normalized spacial score (nSPS) is 12.2. The van der Waals surface area contributed by atoms with Crippen molar-refractivity contribution in [2.75, 3.05) is 11.9 Å². The van der Waals surface area contributed by atoms with Crippen molar-refractivity contribution in [3.05, 3.63) is 60.2 Å². The number of sulfonamides is 1. The summed E-state index contributed by atoms with van der Waals surface area (Å²) in [6, 6.07) is 10.2. The molecular formula is C18H18F2N2O5S. The molecule has 10 heteroatoms. The monoisotopic (exact) mass is 412 g/mol. The maximum absolute atomic E-state index is 13.5. The summed E-state index contributed by atoms with van der Waals surface area (Å²) >= 11 is 0. The Bertz CT molecular complexity index is 952. The van der Waals surface area contributed by atoms with Crippen molar-refractivity contribution in [3.63, 3.8) is 0 Å². The zero-order chi connectivity index (χ0) is 20.7. The van der Waals surface area contributed by atoms with Crippen molar-refractivity contribution in [2.45, 2.75) is 24.3 Å². The van der Waals surface area contributed by atoms with Crippen molar-refractivity contribution in [1.29, 1.82) is 0 Å². The second kappa shape index (κ2) is 9.38. The van der Waals surface area contributed by atoms with Gasteiger partial charge in [-0.25, -0.2) is 21.9 Å². The van der Waals surface area contributed by atoms with Gasteiger partial charge in [0.1, 0.15) is 11.6 Å². The number of esters is 1. The summed E-state index contributed by atoms with van der Waals surface area (Å²) in [6.07, 6.45) is -1.57. The fraction of sp³-hybridized carbons (Fsp3) is 0.222. The van der Waals surface area contributed by atoms with Gasteiger partial charge >= 0.3 is 5.97 Å². The van der Waals surface area contributed by atoms with Gasteiger partial charge < -0.3 is 10.1 Å². The third-order valence-corrected chi connectivity index (χ3v) is 5.02. The van der Waals surface area contributed by atoms with Crippen LogP contribution in [0.25, 0.3) is 0 Å². The standard InChI is InChI=1S/C18H18F2N2O5S/c1-12(18(24)22-16-8-7-13(19)11-15(16)20)27-17(23)9-10-21-28(25,26)14-5-3-2-4-6-14/h2-8,11-12,21H,9-10H2,1H3,(H,22,24)/t12-/m1/s1. The van der Waals surface area contributed by atoms with Crippen LogP contribution in [-0.2, 0) is 24.3 Å². The first-order chi connectivity index (χ1) is 13.2. The fourth-order valence-corrected chi connectivity index (χ4v) is 3.16. The zero-order valence-corrected chi connectivity index (χ0v) is 15.6. The molecule has 0 spiro atoms. The van der Waals surface area contributed by atoms with Gasteiger partial charge in [0.05, 0.1) is 17.0 Å². The molecule has 2 aromatic rings. The van der Waals surface area contributed by atoms with Gasteiger partial charge in [0.2, 0.25) is 10.0 Å². The number of nitrogens with one attached hydrogen (secondary N) is 2. The molecule has 0 aromatic heterocycles. The number of halogens is 2. The molecule has 28 heavy (non-hydrogen) atoms. The van der Waals surface area contributed by atoms with E-state index in [9.17, 15) is 26.8 Å². The van der Waals surface area contributed by atoms with Crippen LogP contribution in [0, 0.1) is 11.6 Å². The van der Waals surface area contributed by atoms with Crippen molar-refractivity contribution in [3.8, 4) is 0 Å². The highest BCUT2D eigenvalue weighted by atomic mass is 32.2. The lowest BCUT2D eigenvalue weighted by Gasteiger charge is -2.14. The van der Waals surface area contributed by atoms with Crippen LogP contribution >= 0.6 is 0 Å². The number of carbonyl (C=O) groups excluding carboxylic acids is 2. The molecule has 0 aliphatic rings. The maximum Gasteiger partial charge on any atom is 0.307 e. The smallest absolute Gasteiger partial charge is 0.307 e. The lowest BCUT2D eigenvalue weighted by molar-refractivity contribution is -0.152. The second-order valence-corrected chi connectivity index (χ2v) is 7.47. The number of hydrogen-bond donors (Lipinski definition) is 2. The Hall–Kier alpha value is -2.85. The number of rotatable bonds is 8. The molecule has 0 unspecified atom stereocenters. The number of amides is 1. The summed E-state index contributed by atoms with van der Waals surface area (Å²) in [5.74, 6) is -3.41. The summed E-state index contributed by atoms with van der Waals surface area (Å²) in [7, 11) is -3.76.